The number of halogens is 1. The molecule has 0 fully saturated rings. The van der Waals surface area contributed by atoms with Gasteiger partial charge in [-0.15, -0.1) is 5.10 Å². The van der Waals surface area contributed by atoms with Crippen molar-refractivity contribution in [2.24, 2.45) is 0 Å². The fourth-order valence-corrected chi connectivity index (χ4v) is 3.26. The number of aromatic nitrogens is 4. The number of anilines is 1. The highest BCUT2D eigenvalue weighted by atomic mass is 35.5. The third kappa shape index (κ3) is 3.38. The summed E-state index contributed by atoms with van der Waals surface area (Å²) in [6, 6.07) is 12.8. The quantitative estimate of drug-likeness (QED) is 0.485. The smallest absolute Gasteiger partial charge is 0.280 e. The highest BCUT2D eigenvalue weighted by Crippen LogP contribution is 2.27. The molecule has 0 radical (unpaired) electrons. The Hall–Kier alpha value is -3.19. The van der Waals surface area contributed by atoms with Crippen LogP contribution in [0, 0.1) is 6.92 Å². The minimum atomic E-state index is -0.271. The van der Waals surface area contributed by atoms with E-state index < -0.39 is 0 Å². The third-order valence-corrected chi connectivity index (χ3v) is 5.07. The zero-order chi connectivity index (χ0) is 20.7. The number of carbonyl (C=O) groups excluding carboxylic acids is 1. The van der Waals surface area contributed by atoms with Crippen molar-refractivity contribution in [2.75, 3.05) is 11.9 Å². The molecule has 1 amide bonds. The van der Waals surface area contributed by atoms with Crippen LogP contribution in [-0.4, -0.2) is 32.9 Å². The number of hydrogen-bond acceptors (Lipinski definition) is 5. The molecule has 0 aliphatic carbocycles. The topological polar surface area (TPSA) is 77.1 Å². The van der Waals surface area contributed by atoms with Crippen molar-refractivity contribution in [2.45, 2.75) is 26.7 Å². The minimum Gasteiger partial charge on any atom is -0.440 e. The molecule has 0 saturated carbocycles. The maximum atomic E-state index is 13.1. The van der Waals surface area contributed by atoms with Crippen molar-refractivity contribution in [3.8, 4) is 5.69 Å². The van der Waals surface area contributed by atoms with Crippen molar-refractivity contribution in [1.29, 1.82) is 0 Å². The summed E-state index contributed by atoms with van der Waals surface area (Å²) in [5, 5.41) is 8.76. The van der Waals surface area contributed by atoms with Gasteiger partial charge >= 0.3 is 0 Å². The lowest BCUT2D eigenvalue weighted by Crippen LogP contribution is -2.27. The van der Waals surface area contributed by atoms with Crippen molar-refractivity contribution in [1.82, 2.24) is 20.0 Å². The molecule has 0 aliphatic rings. The van der Waals surface area contributed by atoms with Crippen molar-refractivity contribution in [3.05, 3.63) is 64.8 Å². The van der Waals surface area contributed by atoms with Crippen LogP contribution in [0.3, 0.4) is 0 Å². The molecule has 0 atom stereocenters. The van der Waals surface area contributed by atoms with Gasteiger partial charge in [0.05, 0.1) is 16.4 Å². The van der Waals surface area contributed by atoms with Gasteiger partial charge in [-0.3, -0.25) is 4.79 Å². The summed E-state index contributed by atoms with van der Waals surface area (Å²) < 4.78 is 7.31. The molecule has 4 rings (SSSR count). The molecule has 8 heteroatoms. The maximum Gasteiger partial charge on any atom is 0.280 e. The van der Waals surface area contributed by atoms with Gasteiger partial charge in [-0.1, -0.05) is 42.8 Å². The first-order chi connectivity index (χ1) is 13.9. The van der Waals surface area contributed by atoms with E-state index in [4.69, 9.17) is 16.0 Å². The number of amides is 1. The molecule has 0 bridgehead atoms. The number of para-hydroxylation sites is 1. The first kappa shape index (κ1) is 19.1. The van der Waals surface area contributed by atoms with Crippen molar-refractivity contribution < 1.29 is 9.21 Å². The van der Waals surface area contributed by atoms with Crippen LogP contribution in [0.5, 0.6) is 0 Å². The number of hydrogen-bond donors (Lipinski definition) is 0. The van der Waals surface area contributed by atoms with Crippen molar-refractivity contribution >= 4 is 34.3 Å². The molecule has 2 heterocycles. The fourth-order valence-electron chi connectivity index (χ4n) is 3.04. The molecule has 148 valence electrons. The average Bonchev–Trinajstić information content (AvgIpc) is 3.30. The summed E-state index contributed by atoms with van der Waals surface area (Å²) in [7, 11) is 1.70. The molecule has 0 N–H and O–H groups in total. The number of rotatable bonds is 4. The van der Waals surface area contributed by atoms with E-state index >= 15 is 0 Å². The molecule has 0 aliphatic heterocycles. The molecule has 0 spiro atoms. The Labute approximate surface area is 172 Å². The second-order valence-corrected chi connectivity index (χ2v) is 7.52. The molecular weight excluding hydrogens is 390 g/mol. The Morgan fingerprint density at radius 2 is 1.97 bits per heavy atom. The molecule has 7 nitrogen and oxygen atoms in total. The second kappa shape index (κ2) is 7.33. The van der Waals surface area contributed by atoms with Crippen molar-refractivity contribution in [3.63, 3.8) is 0 Å². The van der Waals surface area contributed by atoms with Gasteiger partial charge < -0.3 is 9.32 Å². The van der Waals surface area contributed by atoms with Crippen LogP contribution in [-0.2, 0) is 0 Å². The highest BCUT2D eigenvalue weighted by Gasteiger charge is 2.23. The summed E-state index contributed by atoms with van der Waals surface area (Å²) in [4.78, 5) is 19.1. The molecule has 0 saturated heterocycles. The molecule has 29 heavy (non-hydrogen) atoms. The van der Waals surface area contributed by atoms with Gasteiger partial charge in [0.15, 0.2) is 17.2 Å². The zero-order valence-electron chi connectivity index (χ0n) is 16.5. The maximum absolute atomic E-state index is 13.1. The summed E-state index contributed by atoms with van der Waals surface area (Å²) in [5.41, 5.74) is 3.64. The Bertz CT molecular complexity index is 1210. The normalized spacial score (nSPS) is 11.4. The number of nitrogens with zero attached hydrogens (tertiary/aromatic N) is 5. The summed E-state index contributed by atoms with van der Waals surface area (Å²) in [5.74, 6) is 0.588. The van der Waals surface area contributed by atoms with E-state index in [1.165, 1.54) is 4.90 Å². The summed E-state index contributed by atoms with van der Waals surface area (Å²) in [6.07, 6.45) is 0. The standard InChI is InChI=1S/C21H20ClN5O2/c1-12(2)20-23-16-11-14(9-10-18(16)29-20)26(4)21(28)19-13(3)27(25-24-19)17-8-6-5-7-15(17)22/h5-12H,1-4H3. The predicted molar refractivity (Wildman–Crippen MR) is 112 cm³/mol. The lowest BCUT2D eigenvalue weighted by molar-refractivity contribution is 0.0987. The van der Waals surface area contributed by atoms with Crippen LogP contribution in [0.2, 0.25) is 5.02 Å². The van der Waals surface area contributed by atoms with E-state index in [0.717, 1.165) is 0 Å². The van der Waals surface area contributed by atoms with E-state index in [0.29, 0.717) is 39.1 Å². The molecule has 2 aromatic carbocycles. The predicted octanol–water partition coefficient (Wildman–Crippen LogP) is 4.77. The van der Waals surface area contributed by atoms with Gasteiger partial charge in [-0.25, -0.2) is 9.67 Å². The number of fused-ring (bicyclic) bond motifs is 1. The van der Waals surface area contributed by atoms with Crippen LogP contribution in [0.1, 0.15) is 41.8 Å². The third-order valence-electron chi connectivity index (χ3n) is 4.75. The van der Waals surface area contributed by atoms with Crippen LogP contribution >= 0.6 is 11.6 Å². The molecule has 0 unspecified atom stereocenters. The van der Waals surface area contributed by atoms with Crippen LogP contribution in [0.4, 0.5) is 5.69 Å². The minimum absolute atomic E-state index is 0.188. The first-order valence-electron chi connectivity index (χ1n) is 9.22. The Balaban J connectivity index is 1.66. The van der Waals surface area contributed by atoms with Crippen LogP contribution < -0.4 is 4.90 Å². The number of carbonyl (C=O) groups is 1. The monoisotopic (exact) mass is 409 g/mol. The SMILES string of the molecule is Cc1c(C(=O)N(C)c2ccc3oc(C(C)C)nc3c2)nnn1-c1ccccc1Cl. The van der Waals surface area contributed by atoms with Gasteiger partial charge in [0, 0.05) is 18.7 Å². The van der Waals surface area contributed by atoms with Gasteiger partial charge in [0.2, 0.25) is 0 Å². The van der Waals surface area contributed by atoms with E-state index in [2.05, 4.69) is 15.3 Å². The van der Waals surface area contributed by atoms with Crippen LogP contribution in [0.15, 0.2) is 46.9 Å². The largest absolute Gasteiger partial charge is 0.440 e. The fraction of sp³-hybridized carbons (Fsp3) is 0.238. The average molecular weight is 410 g/mol. The molecule has 4 aromatic rings. The highest BCUT2D eigenvalue weighted by molar-refractivity contribution is 6.32. The number of oxazole rings is 1. The summed E-state index contributed by atoms with van der Waals surface area (Å²) in [6.45, 7) is 5.83. The molecule has 2 aromatic heterocycles. The Morgan fingerprint density at radius 3 is 2.69 bits per heavy atom. The number of benzene rings is 2. The van der Waals surface area contributed by atoms with E-state index in [1.54, 1.807) is 24.7 Å². The van der Waals surface area contributed by atoms with E-state index in [-0.39, 0.29) is 17.5 Å². The van der Waals surface area contributed by atoms with E-state index in [9.17, 15) is 4.79 Å². The van der Waals surface area contributed by atoms with Gasteiger partial charge in [0.1, 0.15) is 5.52 Å². The van der Waals surface area contributed by atoms with Gasteiger partial charge in [-0.2, -0.15) is 0 Å². The zero-order valence-corrected chi connectivity index (χ0v) is 17.3. The Morgan fingerprint density at radius 1 is 1.21 bits per heavy atom. The Kier molecular flexibility index (Phi) is 4.84. The lowest BCUT2D eigenvalue weighted by atomic mass is 10.2. The lowest BCUT2D eigenvalue weighted by Gasteiger charge is -2.16. The second-order valence-electron chi connectivity index (χ2n) is 7.11. The molecular formula is C21H20ClN5O2. The summed E-state index contributed by atoms with van der Waals surface area (Å²) >= 11 is 6.26. The van der Waals surface area contributed by atoms with Gasteiger partial charge in [-0.05, 0) is 37.3 Å². The first-order valence-corrected chi connectivity index (χ1v) is 9.60. The van der Waals surface area contributed by atoms with Crippen LogP contribution in [0.25, 0.3) is 16.8 Å². The van der Waals surface area contributed by atoms with Gasteiger partial charge in [0.25, 0.3) is 5.91 Å². The van der Waals surface area contributed by atoms with E-state index in [1.807, 2.05) is 50.2 Å².